The average Bonchev–Trinajstić information content (AvgIpc) is 2.83. The smallest absolute Gasteiger partial charge is 0.326 e. The third kappa shape index (κ3) is 14.8. The fraction of sp³-hybridized carbons (Fsp3) is 0.762. The minimum absolute atomic E-state index is 0.263. The maximum atomic E-state index is 13.1. The summed E-state index contributed by atoms with van der Waals surface area (Å²) in [6, 6.07) is -3.67. The zero-order chi connectivity index (χ0) is 26.6. The molecule has 0 aliphatic rings. The zero-order valence-electron chi connectivity index (χ0n) is 20.7. The highest BCUT2D eigenvalue weighted by molar-refractivity contribution is 7.99. The molecule has 0 saturated carbocycles. The van der Waals surface area contributed by atoms with Gasteiger partial charge in [-0.25, -0.2) is 4.79 Å². The summed E-state index contributed by atoms with van der Waals surface area (Å²) in [5.74, 6) is -0.329. The lowest BCUT2D eigenvalue weighted by atomic mass is 10.1. The lowest BCUT2D eigenvalue weighted by Crippen LogP contribution is -2.57. The summed E-state index contributed by atoms with van der Waals surface area (Å²) >= 11 is 6.02. The standard InChI is InChI=1S/C21H38N4O6S4/c1-32-9-5-14(22-13-26)18(27)23-15(6-10-33-2)19(28)24-16(7-11-34-3)20(29)25-17(21(30)31)8-12-35-4/h13-17H,5-12H2,1-4H3,(H,22,26)(H,23,27)(H,24,28)(H,25,29)(H,30,31)/t14-,15-,16-,17-/m0/s1. The van der Waals surface area contributed by atoms with Crippen molar-refractivity contribution in [2.24, 2.45) is 0 Å². The Morgan fingerprint density at radius 2 is 0.943 bits per heavy atom. The molecule has 0 radical (unpaired) electrons. The first-order chi connectivity index (χ1) is 16.7. The minimum Gasteiger partial charge on any atom is -0.480 e. The number of thioether (sulfide) groups is 4. The Kier molecular flexibility index (Phi) is 20.1. The summed E-state index contributed by atoms with van der Waals surface area (Å²) in [4.78, 5) is 61.2. The van der Waals surface area contributed by atoms with Crippen LogP contribution in [0.1, 0.15) is 25.7 Å². The molecule has 4 amide bonds. The van der Waals surface area contributed by atoms with E-state index < -0.39 is 47.9 Å². The Morgan fingerprint density at radius 1 is 0.629 bits per heavy atom. The van der Waals surface area contributed by atoms with Crippen molar-refractivity contribution in [3.63, 3.8) is 0 Å². The molecule has 0 bridgehead atoms. The van der Waals surface area contributed by atoms with Gasteiger partial charge < -0.3 is 26.4 Å². The van der Waals surface area contributed by atoms with Crippen LogP contribution in [0.25, 0.3) is 0 Å². The van der Waals surface area contributed by atoms with Gasteiger partial charge in [-0.05, 0) is 73.7 Å². The van der Waals surface area contributed by atoms with E-state index in [9.17, 15) is 29.1 Å². The van der Waals surface area contributed by atoms with Crippen molar-refractivity contribution in [3.8, 4) is 0 Å². The Hall–Kier alpha value is -1.25. The predicted molar refractivity (Wildman–Crippen MR) is 148 cm³/mol. The number of nitrogens with one attached hydrogen (secondary N) is 4. The molecule has 0 fully saturated rings. The molecule has 0 spiro atoms. The van der Waals surface area contributed by atoms with Crippen LogP contribution in [0, 0.1) is 0 Å². The monoisotopic (exact) mass is 570 g/mol. The van der Waals surface area contributed by atoms with Gasteiger partial charge in [0.15, 0.2) is 0 Å². The number of carbonyl (C=O) groups is 5. The molecule has 0 aliphatic carbocycles. The summed E-state index contributed by atoms with van der Waals surface area (Å²) in [5.41, 5.74) is 0. The van der Waals surface area contributed by atoms with Gasteiger partial charge in [0.25, 0.3) is 0 Å². The van der Waals surface area contributed by atoms with Crippen molar-refractivity contribution < 1.29 is 29.1 Å². The second-order valence-corrected chi connectivity index (χ2v) is 11.4. The quantitative estimate of drug-likeness (QED) is 0.124. The van der Waals surface area contributed by atoms with Gasteiger partial charge in [-0.2, -0.15) is 47.0 Å². The van der Waals surface area contributed by atoms with Gasteiger partial charge in [-0.1, -0.05) is 0 Å². The fourth-order valence-corrected chi connectivity index (χ4v) is 4.81. The van der Waals surface area contributed by atoms with E-state index in [1.165, 1.54) is 47.0 Å². The predicted octanol–water partition coefficient (Wildman–Crippen LogP) is 0.652. The van der Waals surface area contributed by atoms with Gasteiger partial charge in [0.2, 0.25) is 24.1 Å². The van der Waals surface area contributed by atoms with Crippen molar-refractivity contribution in [1.82, 2.24) is 21.3 Å². The molecule has 0 rings (SSSR count). The van der Waals surface area contributed by atoms with E-state index in [1.807, 2.05) is 25.0 Å². The first-order valence-electron chi connectivity index (χ1n) is 11.0. The van der Waals surface area contributed by atoms with Crippen molar-refractivity contribution >= 4 is 77.1 Å². The summed E-state index contributed by atoms with van der Waals surface area (Å²) < 4.78 is 0. The van der Waals surface area contributed by atoms with E-state index in [1.54, 1.807) is 0 Å². The van der Waals surface area contributed by atoms with Crippen LogP contribution in [-0.2, 0) is 24.0 Å². The number of amides is 4. The molecular formula is C21H38N4O6S4. The summed E-state index contributed by atoms with van der Waals surface area (Å²) in [5, 5.41) is 19.9. The molecule has 202 valence electrons. The van der Waals surface area contributed by atoms with Crippen LogP contribution in [0.2, 0.25) is 0 Å². The molecular weight excluding hydrogens is 533 g/mol. The van der Waals surface area contributed by atoms with Crippen molar-refractivity contribution in [2.75, 3.05) is 48.0 Å². The molecule has 0 aliphatic heterocycles. The number of rotatable bonds is 21. The van der Waals surface area contributed by atoms with Crippen LogP contribution >= 0.6 is 47.0 Å². The lowest BCUT2D eigenvalue weighted by Gasteiger charge is -2.25. The number of carbonyl (C=O) groups excluding carboxylic acids is 4. The molecule has 0 aromatic rings. The second-order valence-electron chi connectivity index (χ2n) is 7.48. The molecule has 0 unspecified atom stereocenters. The summed E-state index contributed by atoms with van der Waals surface area (Å²) in [7, 11) is 0. The third-order valence-electron chi connectivity index (χ3n) is 4.91. The molecule has 0 saturated heterocycles. The Bertz CT molecular complexity index is 674. The highest BCUT2D eigenvalue weighted by Crippen LogP contribution is 2.08. The van der Waals surface area contributed by atoms with Crippen LogP contribution in [0.5, 0.6) is 0 Å². The van der Waals surface area contributed by atoms with E-state index in [4.69, 9.17) is 0 Å². The molecule has 4 atom stereocenters. The summed E-state index contributed by atoms with van der Waals surface area (Å²) in [6.45, 7) is 0. The zero-order valence-corrected chi connectivity index (χ0v) is 23.9. The van der Waals surface area contributed by atoms with E-state index >= 15 is 0 Å². The summed E-state index contributed by atoms with van der Waals surface area (Å²) in [6.07, 6.45) is 9.25. The van der Waals surface area contributed by atoms with E-state index in [-0.39, 0.29) is 6.42 Å². The second kappa shape index (κ2) is 20.9. The number of hydrogen-bond donors (Lipinski definition) is 5. The van der Waals surface area contributed by atoms with Crippen LogP contribution in [-0.4, -0.2) is 107 Å². The van der Waals surface area contributed by atoms with E-state index in [0.29, 0.717) is 48.7 Å². The first kappa shape index (κ1) is 33.8. The Balaban J connectivity index is 5.48. The highest BCUT2D eigenvalue weighted by atomic mass is 32.2. The molecule has 0 aromatic heterocycles. The van der Waals surface area contributed by atoms with Crippen molar-refractivity contribution in [2.45, 2.75) is 49.9 Å². The van der Waals surface area contributed by atoms with Gasteiger partial charge >= 0.3 is 5.97 Å². The number of hydrogen-bond acceptors (Lipinski definition) is 9. The maximum absolute atomic E-state index is 13.1. The van der Waals surface area contributed by atoms with Gasteiger partial charge in [-0.15, -0.1) is 0 Å². The Morgan fingerprint density at radius 3 is 1.29 bits per heavy atom. The molecule has 0 aromatic carbocycles. The van der Waals surface area contributed by atoms with Gasteiger partial charge in [0.1, 0.15) is 24.2 Å². The van der Waals surface area contributed by atoms with Crippen molar-refractivity contribution in [3.05, 3.63) is 0 Å². The highest BCUT2D eigenvalue weighted by Gasteiger charge is 2.30. The molecule has 35 heavy (non-hydrogen) atoms. The van der Waals surface area contributed by atoms with Gasteiger partial charge in [-0.3, -0.25) is 19.2 Å². The number of carboxylic acids is 1. The van der Waals surface area contributed by atoms with E-state index in [0.717, 1.165) is 0 Å². The van der Waals surface area contributed by atoms with Crippen molar-refractivity contribution in [1.29, 1.82) is 0 Å². The van der Waals surface area contributed by atoms with Crippen LogP contribution in [0.15, 0.2) is 0 Å². The van der Waals surface area contributed by atoms with Crippen LogP contribution in [0.4, 0.5) is 0 Å². The average molecular weight is 571 g/mol. The number of carboxylic acid groups (broad SMARTS) is 1. The normalized spacial score (nSPS) is 14.2. The molecule has 10 nitrogen and oxygen atoms in total. The first-order valence-corrected chi connectivity index (χ1v) is 16.6. The topological polar surface area (TPSA) is 154 Å². The maximum Gasteiger partial charge on any atom is 0.326 e. The van der Waals surface area contributed by atoms with Crippen LogP contribution in [0.3, 0.4) is 0 Å². The molecule has 14 heteroatoms. The van der Waals surface area contributed by atoms with E-state index in [2.05, 4.69) is 21.3 Å². The van der Waals surface area contributed by atoms with Crippen LogP contribution < -0.4 is 21.3 Å². The Labute approximate surface area is 224 Å². The number of aliphatic carboxylic acids is 1. The molecule has 5 N–H and O–H groups in total. The minimum atomic E-state index is -1.13. The SMILES string of the molecule is CSCC[C@H](NC(=O)[C@H](CCSC)NC(=O)[C@H](CCSC)NC(=O)[C@H](CCSC)NC=O)C(=O)O. The van der Waals surface area contributed by atoms with Gasteiger partial charge in [0, 0.05) is 0 Å². The largest absolute Gasteiger partial charge is 0.480 e. The molecule has 0 heterocycles. The third-order valence-corrected chi connectivity index (χ3v) is 7.48. The lowest BCUT2D eigenvalue weighted by molar-refractivity contribution is -0.142. The fourth-order valence-electron chi connectivity index (χ4n) is 2.93. The van der Waals surface area contributed by atoms with Gasteiger partial charge in [0.05, 0.1) is 0 Å².